The van der Waals surface area contributed by atoms with Crippen LogP contribution in [0, 0.1) is 6.92 Å². The summed E-state index contributed by atoms with van der Waals surface area (Å²) in [4.78, 5) is 25.0. The molecule has 3 atom stereocenters. The first-order valence-electron chi connectivity index (χ1n) is 6.08. The zero-order valence-electron chi connectivity index (χ0n) is 11.6. The van der Waals surface area contributed by atoms with Crippen molar-refractivity contribution in [2.24, 2.45) is 0 Å². The number of halogens is 1. The number of methoxy groups -OCH3 is 1. The molecule has 0 radical (unpaired) electrons. The van der Waals surface area contributed by atoms with Gasteiger partial charge in [0.05, 0.1) is 12.7 Å². The second kappa shape index (κ2) is 7.32. The molecule has 114 valence electrons. The van der Waals surface area contributed by atoms with Crippen molar-refractivity contribution in [3.8, 4) is 0 Å². The number of ether oxygens (including phenoxy) is 2. The molecule has 8 heteroatoms. The predicted octanol–water partition coefficient (Wildman–Crippen LogP) is -0.274. The molecular weight excluding hydrogens is 271 g/mol. The Morgan fingerprint density at radius 2 is 2.20 bits per heavy atom. The molecule has 0 bridgehead atoms. The number of aromatic amines is 1. The largest absolute Gasteiger partial charge is 0.400 e. The van der Waals surface area contributed by atoms with Crippen LogP contribution in [0.4, 0.5) is 4.39 Å². The van der Waals surface area contributed by atoms with Gasteiger partial charge in [0.2, 0.25) is 0 Å². The first-order valence-corrected chi connectivity index (χ1v) is 6.08. The Balaban J connectivity index is 0.000000956. The Kier molecular flexibility index (Phi) is 6.05. The molecule has 20 heavy (non-hydrogen) atoms. The fourth-order valence-electron chi connectivity index (χ4n) is 2.01. The van der Waals surface area contributed by atoms with E-state index in [1.165, 1.54) is 13.3 Å². The number of nitrogens with zero attached hydrogens (tertiary/aromatic N) is 1. The van der Waals surface area contributed by atoms with Crippen molar-refractivity contribution >= 4 is 0 Å². The molecule has 7 nitrogen and oxygen atoms in total. The molecule has 0 amide bonds. The van der Waals surface area contributed by atoms with E-state index in [-0.39, 0.29) is 19.1 Å². The van der Waals surface area contributed by atoms with E-state index < -0.39 is 23.6 Å². The van der Waals surface area contributed by atoms with Crippen LogP contribution >= 0.6 is 0 Å². The van der Waals surface area contributed by atoms with Gasteiger partial charge in [-0.3, -0.25) is 14.3 Å². The van der Waals surface area contributed by atoms with Crippen molar-refractivity contribution in [1.82, 2.24) is 9.55 Å². The highest BCUT2D eigenvalue weighted by molar-refractivity contribution is 5.02. The van der Waals surface area contributed by atoms with Gasteiger partial charge in [0.1, 0.15) is 6.17 Å². The van der Waals surface area contributed by atoms with Crippen molar-refractivity contribution < 1.29 is 19.0 Å². The lowest BCUT2D eigenvalue weighted by Crippen LogP contribution is -2.35. The lowest BCUT2D eigenvalue weighted by Gasteiger charge is -2.16. The number of alkyl halides is 1. The molecule has 1 aliphatic rings. The van der Waals surface area contributed by atoms with E-state index in [1.54, 1.807) is 6.92 Å². The first-order chi connectivity index (χ1) is 9.52. The van der Waals surface area contributed by atoms with E-state index >= 15 is 0 Å². The quantitative estimate of drug-likeness (QED) is 0.799. The summed E-state index contributed by atoms with van der Waals surface area (Å²) in [5.74, 6) is 0. The van der Waals surface area contributed by atoms with Crippen LogP contribution in [0.25, 0.3) is 0 Å². The molecule has 1 unspecified atom stereocenters. The van der Waals surface area contributed by atoms with Crippen molar-refractivity contribution in [2.75, 3.05) is 20.8 Å². The maximum atomic E-state index is 13.8. The SMILES string of the molecule is CO.COC[C@@H]1CC(F)[C@H](n2cc(C)c(=O)[nH]c2=O)O1. The van der Waals surface area contributed by atoms with Crippen LogP contribution < -0.4 is 11.2 Å². The number of nitrogens with one attached hydrogen (secondary N) is 1. The highest BCUT2D eigenvalue weighted by Gasteiger charge is 2.37. The van der Waals surface area contributed by atoms with Crippen LogP contribution in [0.2, 0.25) is 0 Å². The maximum Gasteiger partial charge on any atom is 0.330 e. The van der Waals surface area contributed by atoms with Crippen LogP contribution in [0.3, 0.4) is 0 Å². The van der Waals surface area contributed by atoms with Gasteiger partial charge in [-0.25, -0.2) is 9.18 Å². The molecule has 1 aliphatic heterocycles. The number of hydrogen-bond acceptors (Lipinski definition) is 5. The monoisotopic (exact) mass is 290 g/mol. The van der Waals surface area contributed by atoms with E-state index in [0.29, 0.717) is 5.56 Å². The van der Waals surface area contributed by atoms with Gasteiger partial charge in [0.15, 0.2) is 6.23 Å². The first kappa shape index (κ1) is 16.5. The van der Waals surface area contributed by atoms with Gasteiger partial charge < -0.3 is 14.6 Å². The lowest BCUT2D eigenvalue weighted by atomic mass is 10.2. The fraction of sp³-hybridized carbons (Fsp3) is 0.667. The zero-order chi connectivity index (χ0) is 15.3. The molecule has 1 saturated heterocycles. The minimum atomic E-state index is -1.30. The van der Waals surface area contributed by atoms with E-state index in [9.17, 15) is 14.0 Å². The second-order valence-corrected chi connectivity index (χ2v) is 4.33. The molecule has 0 saturated carbocycles. The topological polar surface area (TPSA) is 93.5 Å². The van der Waals surface area contributed by atoms with Crippen molar-refractivity contribution in [3.63, 3.8) is 0 Å². The number of aliphatic hydroxyl groups is 1. The van der Waals surface area contributed by atoms with Crippen LogP contribution in [-0.2, 0) is 9.47 Å². The van der Waals surface area contributed by atoms with Crippen LogP contribution in [0.5, 0.6) is 0 Å². The maximum absolute atomic E-state index is 13.8. The Morgan fingerprint density at radius 1 is 1.55 bits per heavy atom. The van der Waals surface area contributed by atoms with Gasteiger partial charge in [-0.05, 0) is 6.92 Å². The second-order valence-electron chi connectivity index (χ2n) is 4.33. The van der Waals surface area contributed by atoms with E-state index in [0.717, 1.165) is 11.7 Å². The van der Waals surface area contributed by atoms with Gasteiger partial charge in [0, 0.05) is 32.4 Å². The summed E-state index contributed by atoms with van der Waals surface area (Å²) in [7, 11) is 2.50. The average Bonchev–Trinajstić information content (AvgIpc) is 2.78. The molecule has 1 fully saturated rings. The Morgan fingerprint density at radius 3 is 2.80 bits per heavy atom. The van der Waals surface area contributed by atoms with Gasteiger partial charge in [-0.1, -0.05) is 0 Å². The molecule has 0 spiro atoms. The predicted molar refractivity (Wildman–Crippen MR) is 69.5 cm³/mol. The van der Waals surface area contributed by atoms with Crippen LogP contribution in [0.15, 0.2) is 15.8 Å². The molecule has 2 N–H and O–H groups in total. The van der Waals surface area contributed by atoms with Crippen molar-refractivity contribution in [2.45, 2.75) is 31.8 Å². The highest BCUT2D eigenvalue weighted by atomic mass is 19.1. The number of H-pyrrole nitrogens is 1. The summed E-state index contributed by atoms with van der Waals surface area (Å²) in [5.41, 5.74) is -0.810. The summed E-state index contributed by atoms with van der Waals surface area (Å²) in [6.07, 6.45) is -1.20. The minimum absolute atomic E-state index is 0.170. The van der Waals surface area contributed by atoms with Crippen LogP contribution in [-0.4, -0.2) is 47.8 Å². The number of hydrogen-bond donors (Lipinski definition) is 2. The third kappa shape index (κ3) is 3.53. The normalized spacial score (nSPS) is 25.1. The number of aryl methyl sites for hydroxylation is 1. The van der Waals surface area contributed by atoms with E-state index in [4.69, 9.17) is 14.6 Å². The highest BCUT2D eigenvalue weighted by Crippen LogP contribution is 2.30. The Bertz CT molecular complexity index is 541. The summed E-state index contributed by atoms with van der Waals surface area (Å²) < 4.78 is 25.2. The van der Waals surface area contributed by atoms with Gasteiger partial charge in [0.25, 0.3) is 5.56 Å². The minimum Gasteiger partial charge on any atom is -0.400 e. The van der Waals surface area contributed by atoms with Gasteiger partial charge in [-0.2, -0.15) is 0 Å². The molecule has 2 heterocycles. The third-order valence-corrected chi connectivity index (χ3v) is 2.90. The van der Waals surface area contributed by atoms with Gasteiger partial charge >= 0.3 is 5.69 Å². The fourth-order valence-corrected chi connectivity index (χ4v) is 2.01. The average molecular weight is 290 g/mol. The summed E-state index contributed by atoms with van der Waals surface area (Å²) in [5, 5.41) is 7.00. The van der Waals surface area contributed by atoms with Crippen molar-refractivity contribution in [3.05, 3.63) is 32.6 Å². The van der Waals surface area contributed by atoms with E-state index in [1.807, 2.05) is 0 Å². The summed E-state index contributed by atoms with van der Waals surface area (Å²) in [6, 6.07) is 0. The smallest absolute Gasteiger partial charge is 0.330 e. The van der Waals surface area contributed by atoms with E-state index in [2.05, 4.69) is 4.98 Å². The molecular formula is C12H19FN2O5. The zero-order valence-corrected chi connectivity index (χ0v) is 11.6. The van der Waals surface area contributed by atoms with Gasteiger partial charge in [-0.15, -0.1) is 0 Å². The standard InChI is InChI=1S/C11H15FN2O4.CH4O/c1-6-4-14(11(16)13-9(6)15)10-8(12)3-7(18-10)5-17-2;1-2/h4,7-8,10H,3,5H2,1-2H3,(H,13,15,16);2H,1H3/t7-,8?,10+;/m0./s1. The molecule has 0 aliphatic carbocycles. The number of aliphatic hydroxyl groups excluding tert-OH is 1. The Labute approximate surface area is 115 Å². The summed E-state index contributed by atoms with van der Waals surface area (Å²) in [6.45, 7) is 1.82. The van der Waals surface area contributed by atoms with Crippen LogP contribution in [0.1, 0.15) is 18.2 Å². The lowest BCUT2D eigenvalue weighted by molar-refractivity contribution is -0.0463. The molecule has 0 aromatic carbocycles. The number of rotatable bonds is 3. The number of aromatic nitrogens is 2. The third-order valence-electron chi connectivity index (χ3n) is 2.90. The Hall–Kier alpha value is -1.51. The molecule has 1 aromatic rings. The summed E-state index contributed by atoms with van der Waals surface area (Å²) >= 11 is 0. The van der Waals surface area contributed by atoms with Crippen molar-refractivity contribution in [1.29, 1.82) is 0 Å². The molecule has 2 rings (SSSR count). The molecule has 1 aromatic heterocycles.